The molecule has 0 spiro atoms. The number of carbonyl (C=O) groups is 1. The molecule has 0 bridgehead atoms. The van der Waals surface area contributed by atoms with Crippen molar-refractivity contribution in [3.05, 3.63) is 16.1 Å². The summed E-state index contributed by atoms with van der Waals surface area (Å²) in [6.45, 7) is 4.87. The number of hydrogen-bond acceptors (Lipinski definition) is 6. The summed E-state index contributed by atoms with van der Waals surface area (Å²) in [5, 5.41) is 15.2. The minimum absolute atomic E-state index is 0.0983. The number of nitrogens with one attached hydrogen (secondary N) is 2. The number of carbonyl (C=O) groups excluding carboxylic acids is 1. The zero-order chi connectivity index (χ0) is 15.0. The quantitative estimate of drug-likeness (QED) is 0.563. The highest BCUT2D eigenvalue weighted by atomic mass is 32.1. The summed E-state index contributed by atoms with van der Waals surface area (Å²) < 4.78 is 5.43. The maximum Gasteiger partial charge on any atom is 0.236 e. The normalized spacial score (nSPS) is 14.0. The number of rotatable bonds is 9. The van der Waals surface area contributed by atoms with E-state index in [9.17, 15) is 9.90 Å². The second-order valence-corrected chi connectivity index (χ2v) is 5.52. The lowest BCUT2D eigenvalue weighted by Crippen LogP contribution is -2.44. The number of aryl methyl sites for hydroxylation is 1. The third kappa shape index (κ3) is 5.96. The minimum Gasteiger partial charge on any atom is -0.389 e. The van der Waals surface area contributed by atoms with Crippen LogP contribution in [0.15, 0.2) is 5.51 Å². The van der Waals surface area contributed by atoms with Crippen LogP contribution in [-0.4, -0.2) is 54.9 Å². The van der Waals surface area contributed by atoms with Crippen LogP contribution < -0.4 is 10.6 Å². The van der Waals surface area contributed by atoms with Gasteiger partial charge in [-0.1, -0.05) is 0 Å². The van der Waals surface area contributed by atoms with E-state index in [0.29, 0.717) is 13.2 Å². The Hall–Kier alpha value is -1.02. The fourth-order valence-corrected chi connectivity index (χ4v) is 2.39. The number of aliphatic hydroxyl groups excluding tert-OH is 1. The SMILES string of the molecule is CNC(=O)C(C)NCC(O)COCCc1scnc1C. The molecule has 0 saturated heterocycles. The van der Waals surface area contributed by atoms with Gasteiger partial charge in [0, 0.05) is 24.9 Å². The van der Waals surface area contributed by atoms with E-state index < -0.39 is 6.10 Å². The summed E-state index contributed by atoms with van der Waals surface area (Å²) in [4.78, 5) is 16.6. The Morgan fingerprint density at radius 3 is 2.95 bits per heavy atom. The van der Waals surface area contributed by atoms with Crippen LogP contribution in [0.1, 0.15) is 17.5 Å². The van der Waals surface area contributed by atoms with Crippen molar-refractivity contribution in [1.29, 1.82) is 0 Å². The molecule has 1 heterocycles. The Morgan fingerprint density at radius 2 is 2.35 bits per heavy atom. The number of aromatic nitrogens is 1. The molecule has 1 aromatic rings. The van der Waals surface area contributed by atoms with Crippen molar-refractivity contribution >= 4 is 17.2 Å². The van der Waals surface area contributed by atoms with Crippen molar-refractivity contribution in [1.82, 2.24) is 15.6 Å². The van der Waals surface area contributed by atoms with Gasteiger partial charge in [-0.05, 0) is 13.8 Å². The molecular weight excluding hydrogens is 278 g/mol. The van der Waals surface area contributed by atoms with Gasteiger partial charge in [-0.15, -0.1) is 11.3 Å². The molecule has 1 rings (SSSR count). The molecule has 0 aliphatic rings. The average Bonchev–Trinajstić information content (AvgIpc) is 2.85. The minimum atomic E-state index is -0.621. The highest BCUT2D eigenvalue weighted by Gasteiger charge is 2.12. The molecule has 2 unspecified atom stereocenters. The Balaban J connectivity index is 2.10. The van der Waals surface area contributed by atoms with Gasteiger partial charge in [0.15, 0.2) is 0 Å². The maximum absolute atomic E-state index is 11.3. The molecule has 114 valence electrons. The molecule has 1 aromatic heterocycles. The Bertz CT molecular complexity index is 411. The zero-order valence-corrected chi connectivity index (χ0v) is 13.0. The lowest BCUT2D eigenvalue weighted by atomic mass is 10.3. The van der Waals surface area contributed by atoms with E-state index in [1.165, 1.54) is 4.88 Å². The van der Waals surface area contributed by atoms with Crippen LogP contribution in [0.25, 0.3) is 0 Å². The van der Waals surface area contributed by atoms with Crippen molar-refractivity contribution in [3.8, 4) is 0 Å². The summed E-state index contributed by atoms with van der Waals surface area (Å²) in [5.74, 6) is -0.0983. The van der Waals surface area contributed by atoms with E-state index in [1.54, 1.807) is 25.3 Å². The van der Waals surface area contributed by atoms with E-state index in [4.69, 9.17) is 4.74 Å². The summed E-state index contributed by atoms with van der Waals surface area (Å²) >= 11 is 1.62. The predicted molar refractivity (Wildman–Crippen MR) is 78.9 cm³/mol. The van der Waals surface area contributed by atoms with Crippen molar-refractivity contribution < 1.29 is 14.6 Å². The number of nitrogens with zero attached hydrogens (tertiary/aromatic N) is 1. The molecule has 2 atom stereocenters. The molecule has 0 radical (unpaired) electrons. The molecule has 1 amide bonds. The van der Waals surface area contributed by atoms with Gasteiger partial charge in [-0.3, -0.25) is 4.79 Å². The smallest absolute Gasteiger partial charge is 0.236 e. The second kappa shape index (κ2) is 9.02. The van der Waals surface area contributed by atoms with Crippen LogP contribution in [0.3, 0.4) is 0 Å². The van der Waals surface area contributed by atoms with Crippen molar-refractivity contribution in [2.75, 3.05) is 26.8 Å². The fraction of sp³-hybridized carbons (Fsp3) is 0.692. The molecule has 3 N–H and O–H groups in total. The van der Waals surface area contributed by atoms with Gasteiger partial charge in [0.25, 0.3) is 0 Å². The largest absolute Gasteiger partial charge is 0.389 e. The van der Waals surface area contributed by atoms with E-state index in [-0.39, 0.29) is 18.6 Å². The van der Waals surface area contributed by atoms with Crippen molar-refractivity contribution in [2.24, 2.45) is 0 Å². The van der Waals surface area contributed by atoms with E-state index in [0.717, 1.165) is 12.1 Å². The predicted octanol–water partition coefficient (Wildman–Crippen LogP) is 0.0956. The third-order valence-electron chi connectivity index (χ3n) is 2.93. The first-order chi connectivity index (χ1) is 9.54. The van der Waals surface area contributed by atoms with Crippen LogP contribution >= 0.6 is 11.3 Å². The molecule has 6 nitrogen and oxygen atoms in total. The highest BCUT2D eigenvalue weighted by molar-refractivity contribution is 7.09. The van der Waals surface area contributed by atoms with Crippen LogP contribution in [0.5, 0.6) is 0 Å². The highest BCUT2D eigenvalue weighted by Crippen LogP contribution is 2.12. The standard InChI is InChI=1S/C13H23N3O3S/c1-9-12(20-8-16-9)4-5-19-7-11(17)6-15-10(2)13(18)14-3/h8,10-11,15,17H,4-7H2,1-3H3,(H,14,18). The number of aliphatic hydroxyl groups is 1. The average molecular weight is 301 g/mol. The lowest BCUT2D eigenvalue weighted by Gasteiger charge is -2.16. The number of hydrogen-bond donors (Lipinski definition) is 3. The van der Waals surface area contributed by atoms with Gasteiger partial charge in [0.05, 0.1) is 36.6 Å². The molecular formula is C13H23N3O3S. The van der Waals surface area contributed by atoms with Gasteiger partial charge in [-0.25, -0.2) is 4.98 Å². The van der Waals surface area contributed by atoms with Gasteiger partial charge in [0.2, 0.25) is 5.91 Å². The molecule has 20 heavy (non-hydrogen) atoms. The topological polar surface area (TPSA) is 83.5 Å². The van der Waals surface area contributed by atoms with Crippen LogP contribution in [-0.2, 0) is 16.0 Å². The summed E-state index contributed by atoms with van der Waals surface area (Å²) in [6.07, 6.45) is 0.190. The molecule has 0 aliphatic heterocycles. The first-order valence-corrected chi connectivity index (χ1v) is 7.52. The zero-order valence-electron chi connectivity index (χ0n) is 12.2. The molecule has 0 aromatic carbocycles. The number of likely N-dealkylation sites (N-methyl/N-ethyl adjacent to an activating group) is 1. The monoisotopic (exact) mass is 301 g/mol. The van der Waals surface area contributed by atoms with E-state index >= 15 is 0 Å². The molecule has 0 aliphatic carbocycles. The summed E-state index contributed by atoms with van der Waals surface area (Å²) in [5.41, 5.74) is 2.86. The second-order valence-electron chi connectivity index (χ2n) is 4.58. The van der Waals surface area contributed by atoms with Gasteiger partial charge >= 0.3 is 0 Å². The van der Waals surface area contributed by atoms with E-state index in [2.05, 4.69) is 15.6 Å². The van der Waals surface area contributed by atoms with Gasteiger partial charge in [-0.2, -0.15) is 0 Å². The number of amides is 1. The number of thiazole rings is 1. The van der Waals surface area contributed by atoms with Crippen LogP contribution in [0, 0.1) is 6.92 Å². The Labute approximate surface area is 123 Å². The van der Waals surface area contributed by atoms with Gasteiger partial charge in [0.1, 0.15) is 0 Å². The lowest BCUT2D eigenvalue weighted by molar-refractivity contribution is -0.122. The van der Waals surface area contributed by atoms with E-state index in [1.807, 2.05) is 12.4 Å². The summed E-state index contributed by atoms with van der Waals surface area (Å²) in [6, 6.07) is -0.325. The third-order valence-corrected chi connectivity index (χ3v) is 3.92. The Morgan fingerprint density at radius 1 is 1.60 bits per heavy atom. The van der Waals surface area contributed by atoms with Crippen molar-refractivity contribution in [3.63, 3.8) is 0 Å². The fourth-order valence-electron chi connectivity index (χ4n) is 1.63. The maximum atomic E-state index is 11.3. The molecule has 0 saturated carbocycles. The first kappa shape index (κ1) is 17.0. The first-order valence-electron chi connectivity index (χ1n) is 6.64. The van der Waals surface area contributed by atoms with Crippen LogP contribution in [0.2, 0.25) is 0 Å². The molecule has 0 fully saturated rings. The molecule has 7 heteroatoms. The Kier molecular flexibility index (Phi) is 7.68. The van der Waals surface area contributed by atoms with Gasteiger partial charge < -0.3 is 20.5 Å². The summed E-state index contributed by atoms with van der Waals surface area (Å²) in [7, 11) is 1.58. The van der Waals surface area contributed by atoms with Crippen molar-refractivity contribution in [2.45, 2.75) is 32.4 Å². The number of ether oxygens (including phenoxy) is 1. The van der Waals surface area contributed by atoms with Crippen LogP contribution in [0.4, 0.5) is 0 Å².